The zero-order valence-corrected chi connectivity index (χ0v) is 18.1. The molecule has 156 valence electrons. The smallest absolute Gasteiger partial charge is 0.260 e. The third kappa shape index (κ3) is 5.82. The fourth-order valence-electron chi connectivity index (χ4n) is 3.59. The van der Waals surface area contributed by atoms with Gasteiger partial charge in [-0.25, -0.2) is 8.42 Å². The number of hydrogen-bond acceptors (Lipinski definition) is 4. The summed E-state index contributed by atoms with van der Waals surface area (Å²) >= 11 is 0. The molecule has 1 amide bonds. The molecule has 6 heteroatoms. The fourth-order valence-corrected chi connectivity index (χ4v) is 5.32. The molecule has 1 fully saturated rings. The summed E-state index contributed by atoms with van der Waals surface area (Å²) in [5, 5.41) is 0. The topological polar surface area (TPSA) is 63.7 Å². The summed E-state index contributed by atoms with van der Waals surface area (Å²) in [7, 11) is -3.05. The summed E-state index contributed by atoms with van der Waals surface area (Å²) in [6.07, 6.45) is 0.506. The van der Waals surface area contributed by atoms with E-state index in [0.29, 0.717) is 18.7 Å². The number of benzene rings is 2. The molecule has 1 saturated heterocycles. The molecule has 2 aromatic carbocycles. The summed E-state index contributed by atoms with van der Waals surface area (Å²) in [5.74, 6) is 0.926. The lowest BCUT2D eigenvalue weighted by molar-refractivity contribution is -0.135. The molecule has 1 heterocycles. The summed E-state index contributed by atoms with van der Waals surface area (Å²) in [4.78, 5) is 14.5. The lowest BCUT2D eigenvalue weighted by Crippen LogP contribution is -2.45. The Bertz CT molecular complexity index is 934. The minimum Gasteiger partial charge on any atom is -0.484 e. The Kier molecular flexibility index (Phi) is 6.63. The van der Waals surface area contributed by atoms with Crippen LogP contribution in [0.15, 0.2) is 48.5 Å². The number of rotatable bonds is 7. The van der Waals surface area contributed by atoms with Crippen LogP contribution >= 0.6 is 0 Å². The lowest BCUT2D eigenvalue weighted by Gasteiger charge is -2.29. The van der Waals surface area contributed by atoms with Crippen molar-refractivity contribution in [2.75, 3.05) is 24.7 Å². The average Bonchev–Trinajstić information content (AvgIpc) is 3.04. The van der Waals surface area contributed by atoms with Crippen LogP contribution in [0.25, 0.3) is 11.1 Å². The summed E-state index contributed by atoms with van der Waals surface area (Å²) in [6.45, 7) is 6.55. The summed E-state index contributed by atoms with van der Waals surface area (Å²) in [5.41, 5.74) is 3.43. The average molecular weight is 416 g/mol. The van der Waals surface area contributed by atoms with Gasteiger partial charge in [0, 0.05) is 12.6 Å². The van der Waals surface area contributed by atoms with Crippen molar-refractivity contribution in [1.29, 1.82) is 0 Å². The van der Waals surface area contributed by atoms with E-state index in [1.807, 2.05) is 38.1 Å². The first-order valence-electron chi connectivity index (χ1n) is 10.0. The van der Waals surface area contributed by atoms with Gasteiger partial charge in [0.25, 0.3) is 5.91 Å². The molecular weight excluding hydrogens is 386 g/mol. The molecule has 29 heavy (non-hydrogen) atoms. The zero-order chi connectivity index (χ0) is 21.0. The Morgan fingerprint density at radius 2 is 1.66 bits per heavy atom. The maximum Gasteiger partial charge on any atom is 0.260 e. The van der Waals surface area contributed by atoms with Gasteiger partial charge in [-0.05, 0) is 42.5 Å². The molecule has 0 bridgehead atoms. The van der Waals surface area contributed by atoms with Crippen molar-refractivity contribution in [2.45, 2.75) is 33.2 Å². The first-order chi connectivity index (χ1) is 13.7. The zero-order valence-electron chi connectivity index (χ0n) is 17.3. The molecule has 1 atom stereocenters. The highest BCUT2D eigenvalue weighted by Crippen LogP contribution is 2.23. The summed E-state index contributed by atoms with van der Waals surface area (Å²) in [6, 6.07) is 15.7. The van der Waals surface area contributed by atoms with Crippen LogP contribution in [0.2, 0.25) is 0 Å². The highest BCUT2D eigenvalue weighted by atomic mass is 32.2. The van der Waals surface area contributed by atoms with Crippen LogP contribution in [0, 0.1) is 12.8 Å². The van der Waals surface area contributed by atoms with E-state index in [1.165, 1.54) is 5.56 Å². The van der Waals surface area contributed by atoms with Gasteiger partial charge in [-0.15, -0.1) is 0 Å². The van der Waals surface area contributed by atoms with Gasteiger partial charge < -0.3 is 9.64 Å². The Balaban J connectivity index is 1.62. The van der Waals surface area contributed by atoms with E-state index in [9.17, 15) is 13.2 Å². The lowest BCUT2D eigenvalue weighted by atomic mass is 10.0. The second-order valence-electron chi connectivity index (χ2n) is 8.18. The maximum absolute atomic E-state index is 12.8. The molecule has 2 aromatic rings. The Morgan fingerprint density at radius 1 is 1.07 bits per heavy atom. The first-order valence-corrected chi connectivity index (χ1v) is 11.9. The van der Waals surface area contributed by atoms with Crippen molar-refractivity contribution in [3.8, 4) is 16.9 Å². The van der Waals surface area contributed by atoms with Crippen molar-refractivity contribution < 1.29 is 17.9 Å². The third-order valence-corrected chi connectivity index (χ3v) is 6.88. The van der Waals surface area contributed by atoms with Crippen LogP contribution in [0.4, 0.5) is 0 Å². The van der Waals surface area contributed by atoms with Crippen molar-refractivity contribution in [1.82, 2.24) is 4.90 Å². The second-order valence-corrected chi connectivity index (χ2v) is 10.4. The largest absolute Gasteiger partial charge is 0.484 e. The summed E-state index contributed by atoms with van der Waals surface area (Å²) < 4.78 is 29.4. The normalized spacial score (nSPS) is 18.0. The minimum atomic E-state index is -3.05. The number of sulfone groups is 1. The fraction of sp³-hybridized carbons (Fsp3) is 0.435. The number of ether oxygens (including phenoxy) is 1. The minimum absolute atomic E-state index is 0.0523. The molecular formula is C23H29NO4S. The number of aryl methyl sites for hydroxylation is 1. The molecule has 1 aliphatic rings. The molecule has 0 radical (unpaired) electrons. The van der Waals surface area contributed by atoms with Gasteiger partial charge in [0.1, 0.15) is 5.75 Å². The van der Waals surface area contributed by atoms with Crippen molar-refractivity contribution in [2.24, 2.45) is 5.92 Å². The molecule has 0 N–H and O–H groups in total. The maximum atomic E-state index is 12.8. The van der Waals surface area contributed by atoms with Crippen molar-refractivity contribution in [3.63, 3.8) is 0 Å². The third-order valence-electron chi connectivity index (χ3n) is 5.13. The number of carbonyl (C=O) groups is 1. The first kappa shape index (κ1) is 21.4. The van der Waals surface area contributed by atoms with Gasteiger partial charge in [-0.2, -0.15) is 0 Å². The molecule has 0 aliphatic carbocycles. The van der Waals surface area contributed by atoms with E-state index >= 15 is 0 Å². The quantitative estimate of drug-likeness (QED) is 0.692. The number of amides is 1. The van der Waals surface area contributed by atoms with Crippen LogP contribution in [-0.4, -0.2) is 49.9 Å². The van der Waals surface area contributed by atoms with Gasteiger partial charge in [0.15, 0.2) is 16.4 Å². The van der Waals surface area contributed by atoms with Crippen LogP contribution < -0.4 is 4.74 Å². The van der Waals surface area contributed by atoms with Crippen LogP contribution in [-0.2, 0) is 14.6 Å². The van der Waals surface area contributed by atoms with Gasteiger partial charge >= 0.3 is 0 Å². The molecule has 0 aromatic heterocycles. The van der Waals surface area contributed by atoms with E-state index in [4.69, 9.17) is 4.74 Å². The van der Waals surface area contributed by atoms with E-state index in [0.717, 1.165) is 11.1 Å². The van der Waals surface area contributed by atoms with E-state index in [-0.39, 0.29) is 36.0 Å². The molecule has 0 spiro atoms. The predicted molar refractivity (Wildman–Crippen MR) is 116 cm³/mol. The molecule has 3 rings (SSSR count). The molecule has 1 aliphatic heterocycles. The predicted octanol–water partition coefficient (Wildman–Crippen LogP) is 3.71. The number of hydrogen-bond donors (Lipinski definition) is 0. The Labute approximate surface area is 173 Å². The SMILES string of the molecule is Cc1ccc(-c2ccc(OCC(=O)N(CC(C)C)C3CCS(=O)(=O)C3)cc2)cc1. The van der Waals surface area contributed by atoms with Crippen molar-refractivity contribution >= 4 is 15.7 Å². The second kappa shape index (κ2) is 8.99. The highest BCUT2D eigenvalue weighted by Gasteiger charge is 2.34. The van der Waals surface area contributed by atoms with Gasteiger partial charge in [-0.1, -0.05) is 55.8 Å². The van der Waals surface area contributed by atoms with E-state index in [1.54, 1.807) is 4.90 Å². The van der Waals surface area contributed by atoms with Gasteiger partial charge in [-0.3, -0.25) is 4.79 Å². The van der Waals surface area contributed by atoms with Crippen molar-refractivity contribution in [3.05, 3.63) is 54.1 Å². The van der Waals surface area contributed by atoms with Gasteiger partial charge in [0.2, 0.25) is 0 Å². The van der Waals surface area contributed by atoms with E-state index in [2.05, 4.69) is 31.2 Å². The Morgan fingerprint density at radius 3 is 2.17 bits per heavy atom. The molecule has 0 saturated carbocycles. The molecule has 1 unspecified atom stereocenters. The molecule has 5 nitrogen and oxygen atoms in total. The number of nitrogens with zero attached hydrogens (tertiary/aromatic N) is 1. The van der Waals surface area contributed by atoms with Gasteiger partial charge in [0.05, 0.1) is 11.5 Å². The monoisotopic (exact) mass is 415 g/mol. The highest BCUT2D eigenvalue weighted by molar-refractivity contribution is 7.91. The standard InChI is InChI=1S/C23H29NO4S/c1-17(2)14-24(21-12-13-29(26,27)16-21)23(25)15-28-22-10-8-20(9-11-22)19-6-4-18(3)5-7-19/h4-11,17,21H,12-16H2,1-3H3. The Hall–Kier alpha value is -2.34. The van der Waals surface area contributed by atoms with Crippen LogP contribution in [0.5, 0.6) is 5.75 Å². The van der Waals surface area contributed by atoms with Crippen LogP contribution in [0.1, 0.15) is 25.8 Å². The van der Waals surface area contributed by atoms with E-state index < -0.39 is 9.84 Å². The van der Waals surface area contributed by atoms with Crippen LogP contribution in [0.3, 0.4) is 0 Å². The number of carbonyl (C=O) groups excluding carboxylic acids is 1.